The number of nitrogens with one attached hydrogen (secondary N) is 3. The van der Waals surface area contributed by atoms with Crippen LogP contribution in [0, 0.1) is 11.8 Å². The minimum Gasteiger partial charge on any atom is -0.381 e. The van der Waals surface area contributed by atoms with Crippen molar-refractivity contribution in [2.24, 2.45) is 11.8 Å². The first-order valence-corrected chi connectivity index (χ1v) is 12.2. The van der Waals surface area contributed by atoms with Crippen LogP contribution in [0.1, 0.15) is 61.4 Å². The van der Waals surface area contributed by atoms with E-state index in [4.69, 9.17) is 4.74 Å². The van der Waals surface area contributed by atoms with Crippen molar-refractivity contribution in [3.8, 4) is 0 Å². The first kappa shape index (κ1) is 24.5. The Morgan fingerprint density at radius 1 is 1.09 bits per heavy atom. The summed E-state index contributed by atoms with van der Waals surface area (Å²) < 4.78 is 5.67. The molecule has 1 aliphatic heterocycles. The fraction of sp³-hybridized carbons (Fsp3) is 0.680. The van der Waals surface area contributed by atoms with Gasteiger partial charge in [0.15, 0.2) is 0 Å². The fourth-order valence-corrected chi connectivity index (χ4v) is 4.98. The molecular weight excluding hydrogens is 404 g/mol. The molecule has 7 heteroatoms. The summed E-state index contributed by atoms with van der Waals surface area (Å²) in [6.07, 6.45) is 7.17. The van der Waals surface area contributed by atoms with Gasteiger partial charge in [0.25, 0.3) is 5.91 Å². The molecule has 1 aromatic carbocycles. The van der Waals surface area contributed by atoms with Gasteiger partial charge in [0.2, 0.25) is 0 Å². The SMILES string of the molecule is CCOC[C@@H]1CCCN(C[C@H]2CCCC[C@@H]2NC(=O)c2ccc(CNC(=O)NC)cc2)C1. The molecule has 2 aliphatic rings. The Morgan fingerprint density at radius 3 is 2.62 bits per heavy atom. The third kappa shape index (κ3) is 7.48. The molecule has 0 spiro atoms. The zero-order valence-electron chi connectivity index (χ0n) is 19.7. The quantitative estimate of drug-likeness (QED) is 0.546. The van der Waals surface area contributed by atoms with E-state index in [0.717, 1.165) is 44.8 Å². The molecule has 0 aromatic heterocycles. The summed E-state index contributed by atoms with van der Waals surface area (Å²) in [5.74, 6) is 1.15. The molecular formula is C25H40N4O3. The highest BCUT2D eigenvalue weighted by Crippen LogP contribution is 2.27. The van der Waals surface area contributed by atoms with E-state index in [1.54, 1.807) is 7.05 Å². The lowest BCUT2D eigenvalue weighted by molar-refractivity contribution is 0.0548. The molecule has 7 nitrogen and oxygen atoms in total. The maximum Gasteiger partial charge on any atom is 0.314 e. The number of hydrogen-bond donors (Lipinski definition) is 3. The molecule has 1 aromatic rings. The average molecular weight is 445 g/mol. The van der Waals surface area contributed by atoms with Gasteiger partial charge in [-0.1, -0.05) is 25.0 Å². The number of nitrogens with zero attached hydrogens (tertiary/aromatic N) is 1. The first-order valence-electron chi connectivity index (χ1n) is 12.2. The molecule has 2 fully saturated rings. The second kappa shape index (κ2) is 12.8. The van der Waals surface area contributed by atoms with Gasteiger partial charge >= 0.3 is 6.03 Å². The van der Waals surface area contributed by atoms with Gasteiger partial charge in [-0.05, 0) is 68.7 Å². The minimum absolute atomic E-state index is 0.000534. The van der Waals surface area contributed by atoms with Crippen molar-refractivity contribution >= 4 is 11.9 Å². The molecule has 1 heterocycles. The Hall–Kier alpha value is -2.12. The van der Waals surface area contributed by atoms with Gasteiger partial charge in [0, 0.05) is 44.9 Å². The van der Waals surface area contributed by atoms with Gasteiger partial charge in [0.1, 0.15) is 0 Å². The average Bonchev–Trinajstić information content (AvgIpc) is 2.83. The molecule has 1 saturated carbocycles. The van der Waals surface area contributed by atoms with Crippen LogP contribution in [0.4, 0.5) is 4.79 Å². The van der Waals surface area contributed by atoms with E-state index < -0.39 is 0 Å². The number of amides is 3. The highest BCUT2D eigenvalue weighted by Gasteiger charge is 2.30. The van der Waals surface area contributed by atoms with Gasteiger partial charge in [-0.2, -0.15) is 0 Å². The number of urea groups is 1. The van der Waals surface area contributed by atoms with Crippen LogP contribution in [0.2, 0.25) is 0 Å². The summed E-state index contributed by atoms with van der Waals surface area (Å²) in [7, 11) is 1.59. The monoisotopic (exact) mass is 444 g/mol. The number of likely N-dealkylation sites (tertiary alicyclic amines) is 1. The number of carbonyl (C=O) groups is 2. The Morgan fingerprint density at radius 2 is 1.88 bits per heavy atom. The van der Waals surface area contributed by atoms with Gasteiger partial charge in [-0.3, -0.25) is 4.79 Å². The maximum absolute atomic E-state index is 12.9. The summed E-state index contributed by atoms with van der Waals surface area (Å²) in [5.41, 5.74) is 1.64. The van der Waals surface area contributed by atoms with Gasteiger partial charge in [0.05, 0.1) is 6.61 Å². The predicted octanol–water partition coefficient (Wildman–Crippen LogP) is 3.15. The van der Waals surface area contributed by atoms with Crippen molar-refractivity contribution in [3.05, 3.63) is 35.4 Å². The van der Waals surface area contributed by atoms with Crippen LogP contribution in [-0.4, -0.2) is 62.8 Å². The number of ether oxygens (including phenoxy) is 1. The second-order valence-electron chi connectivity index (χ2n) is 9.18. The zero-order valence-corrected chi connectivity index (χ0v) is 19.7. The topological polar surface area (TPSA) is 82.7 Å². The second-order valence-corrected chi connectivity index (χ2v) is 9.18. The number of rotatable bonds is 9. The highest BCUT2D eigenvalue weighted by atomic mass is 16.5. The Kier molecular flexibility index (Phi) is 9.81. The van der Waals surface area contributed by atoms with E-state index >= 15 is 0 Å². The van der Waals surface area contributed by atoms with E-state index in [1.807, 2.05) is 24.3 Å². The lowest BCUT2D eigenvalue weighted by Crippen LogP contribution is -2.48. The summed E-state index contributed by atoms with van der Waals surface area (Å²) >= 11 is 0. The van der Waals surface area contributed by atoms with Crippen LogP contribution < -0.4 is 16.0 Å². The number of piperidine rings is 1. The zero-order chi connectivity index (χ0) is 22.8. The predicted molar refractivity (Wildman–Crippen MR) is 127 cm³/mol. The number of hydrogen-bond acceptors (Lipinski definition) is 4. The molecule has 3 atom stereocenters. The smallest absolute Gasteiger partial charge is 0.314 e. The lowest BCUT2D eigenvalue weighted by atomic mass is 9.83. The van der Waals surface area contributed by atoms with Crippen molar-refractivity contribution in [2.45, 2.75) is 58.0 Å². The molecule has 0 bridgehead atoms. The largest absolute Gasteiger partial charge is 0.381 e. The molecule has 0 radical (unpaired) electrons. The van der Waals surface area contributed by atoms with Gasteiger partial charge in [-0.25, -0.2) is 4.79 Å². The molecule has 0 unspecified atom stereocenters. The normalized spacial score (nSPS) is 24.0. The molecule has 32 heavy (non-hydrogen) atoms. The molecule has 178 valence electrons. The number of benzene rings is 1. The molecule has 3 rings (SSSR count). The first-order chi connectivity index (χ1) is 15.6. The Bertz CT molecular complexity index is 724. The van der Waals surface area contributed by atoms with Crippen molar-refractivity contribution in [3.63, 3.8) is 0 Å². The Labute approximate surface area is 192 Å². The van der Waals surface area contributed by atoms with Crippen molar-refractivity contribution in [1.82, 2.24) is 20.9 Å². The Balaban J connectivity index is 1.52. The van der Waals surface area contributed by atoms with Gasteiger partial charge < -0.3 is 25.6 Å². The third-order valence-corrected chi connectivity index (χ3v) is 6.78. The van der Waals surface area contributed by atoms with Crippen LogP contribution in [0.25, 0.3) is 0 Å². The van der Waals surface area contributed by atoms with Crippen LogP contribution in [0.3, 0.4) is 0 Å². The minimum atomic E-state index is -0.215. The van der Waals surface area contributed by atoms with E-state index in [-0.39, 0.29) is 18.0 Å². The van der Waals surface area contributed by atoms with E-state index in [2.05, 4.69) is 27.8 Å². The van der Waals surface area contributed by atoms with Crippen LogP contribution >= 0.6 is 0 Å². The van der Waals surface area contributed by atoms with E-state index in [0.29, 0.717) is 23.9 Å². The van der Waals surface area contributed by atoms with Crippen LogP contribution in [0.5, 0.6) is 0 Å². The highest BCUT2D eigenvalue weighted by molar-refractivity contribution is 5.94. The lowest BCUT2D eigenvalue weighted by Gasteiger charge is -2.39. The van der Waals surface area contributed by atoms with Crippen molar-refractivity contribution < 1.29 is 14.3 Å². The fourth-order valence-electron chi connectivity index (χ4n) is 4.98. The summed E-state index contributed by atoms with van der Waals surface area (Å²) in [4.78, 5) is 26.8. The summed E-state index contributed by atoms with van der Waals surface area (Å²) in [6.45, 7) is 7.49. The van der Waals surface area contributed by atoms with Crippen LogP contribution in [0.15, 0.2) is 24.3 Å². The van der Waals surface area contributed by atoms with Crippen molar-refractivity contribution in [1.29, 1.82) is 0 Å². The number of carbonyl (C=O) groups excluding carboxylic acids is 2. The van der Waals surface area contributed by atoms with Gasteiger partial charge in [-0.15, -0.1) is 0 Å². The molecule has 1 saturated heterocycles. The van der Waals surface area contributed by atoms with E-state index in [9.17, 15) is 9.59 Å². The summed E-state index contributed by atoms with van der Waals surface area (Å²) in [6, 6.07) is 7.50. The van der Waals surface area contributed by atoms with Crippen molar-refractivity contribution in [2.75, 3.05) is 39.9 Å². The molecule has 3 N–H and O–H groups in total. The standard InChI is InChI=1S/C25H40N4O3/c1-3-32-18-20-7-6-14-29(16-20)17-22-8-4-5-9-23(22)28-24(30)21-12-10-19(11-13-21)15-27-25(31)26-2/h10-13,20,22-23H,3-9,14-18H2,1-2H3,(H,28,30)(H2,26,27,31)/t20-,22-,23+/m1/s1. The summed E-state index contributed by atoms with van der Waals surface area (Å²) in [5, 5.41) is 8.62. The van der Waals surface area contributed by atoms with Crippen LogP contribution in [-0.2, 0) is 11.3 Å². The maximum atomic E-state index is 12.9. The van der Waals surface area contributed by atoms with E-state index in [1.165, 1.54) is 32.1 Å². The molecule has 3 amide bonds. The third-order valence-electron chi connectivity index (χ3n) is 6.78. The molecule has 1 aliphatic carbocycles.